The molecule has 1 spiro atoms. The van der Waals surface area contributed by atoms with Crippen molar-refractivity contribution >= 4 is 33.8 Å². The summed E-state index contributed by atoms with van der Waals surface area (Å²) >= 11 is 3.39. The SMILES string of the molecule is C[C@@H](NC(=O)CCCN1C(=O)NC2(CCCC2)C1=O)c1ccc(Br)cc1. The first-order chi connectivity index (χ1) is 12.4. The van der Waals surface area contributed by atoms with E-state index in [9.17, 15) is 14.4 Å². The Balaban J connectivity index is 1.45. The molecule has 1 saturated heterocycles. The number of urea groups is 1. The number of rotatable bonds is 6. The average molecular weight is 422 g/mol. The van der Waals surface area contributed by atoms with Crippen molar-refractivity contribution in [3.05, 3.63) is 34.3 Å². The molecule has 1 aromatic rings. The fourth-order valence-corrected chi connectivity index (χ4v) is 4.01. The van der Waals surface area contributed by atoms with Crippen molar-refractivity contribution in [3.8, 4) is 0 Å². The highest BCUT2D eigenvalue weighted by Gasteiger charge is 2.51. The van der Waals surface area contributed by atoms with Gasteiger partial charge in [-0.15, -0.1) is 0 Å². The second-order valence-electron chi connectivity index (χ2n) is 7.12. The average Bonchev–Trinajstić information content (AvgIpc) is 3.16. The minimum absolute atomic E-state index is 0.0805. The van der Waals surface area contributed by atoms with Crippen molar-refractivity contribution in [2.45, 2.75) is 57.0 Å². The zero-order valence-electron chi connectivity index (χ0n) is 14.9. The van der Waals surface area contributed by atoms with Crippen LogP contribution in [0.25, 0.3) is 0 Å². The predicted octanol–water partition coefficient (Wildman–Crippen LogP) is 3.27. The van der Waals surface area contributed by atoms with Gasteiger partial charge in [0.25, 0.3) is 5.91 Å². The van der Waals surface area contributed by atoms with Gasteiger partial charge in [-0.2, -0.15) is 0 Å². The predicted molar refractivity (Wildman–Crippen MR) is 101 cm³/mol. The van der Waals surface area contributed by atoms with Crippen LogP contribution in [0, 0.1) is 0 Å². The van der Waals surface area contributed by atoms with Crippen LogP contribution < -0.4 is 10.6 Å². The van der Waals surface area contributed by atoms with Crippen LogP contribution in [0.2, 0.25) is 0 Å². The molecule has 0 aromatic heterocycles. The van der Waals surface area contributed by atoms with Gasteiger partial charge in [0.15, 0.2) is 0 Å². The van der Waals surface area contributed by atoms with E-state index in [-0.39, 0.29) is 36.9 Å². The van der Waals surface area contributed by atoms with Crippen LogP contribution in [-0.4, -0.2) is 34.8 Å². The molecule has 2 fully saturated rings. The Bertz CT molecular complexity index is 698. The van der Waals surface area contributed by atoms with Gasteiger partial charge in [0.2, 0.25) is 5.91 Å². The van der Waals surface area contributed by atoms with Gasteiger partial charge in [0, 0.05) is 17.4 Å². The van der Waals surface area contributed by atoms with E-state index in [1.165, 1.54) is 4.90 Å². The molecule has 2 aliphatic rings. The van der Waals surface area contributed by atoms with E-state index in [1.807, 2.05) is 31.2 Å². The smallest absolute Gasteiger partial charge is 0.325 e. The maximum Gasteiger partial charge on any atom is 0.325 e. The summed E-state index contributed by atoms with van der Waals surface area (Å²) < 4.78 is 0.994. The van der Waals surface area contributed by atoms with E-state index < -0.39 is 5.54 Å². The molecule has 1 atom stereocenters. The van der Waals surface area contributed by atoms with E-state index in [1.54, 1.807) is 0 Å². The molecule has 1 aliphatic carbocycles. The number of benzene rings is 1. The lowest BCUT2D eigenvalue weighted by Gasteiger charge is -2.20. The Kier molecular flexibility index (Phi) is 5.65. The van der Waals surface area contributed by atoms with E-state index in [2.05, 4.69) is 26.6 Å². The van der Waals surface area contributed by atoms with Crippen LogP contribution in [0.3, 0.4) is 0 Å². The number of imide groups is 1. The number of amides is 4. The van der Waals surface area contributed by atoms with E-state index >= 15 is 0 Å². The normalized spacial score (nSPS) is 19.7. The molecule has 1 heterocycles. The third-order valence-corrected chi connectivity index (χ3v) is 5.76. The number of carbonyl (C=O) groups excluding carboxylic acids is 3. The number of nitrogens with zero attached hydrogens (tertiary/aromatic N) is 1. The standard InChI is InChI=1S/C19H24BrN3O3/c1-13(14-6-8-15(20)9-7-14)21-16(24)5-4-12-23-17(25)19(22-18(23)26)10-2-3-11-19/h6-9,13H,2-5,10-12H2,1H3,(H,21,24)(H,22,26)/t13-/m1/s1. The summed E-state index contributed by atoms with van der Waals surface area (Å²) in [5.74, 6) is -0.202. The molecule has 0 bridgehead atoms. The molecule has 7 heteroatoms. The van der Waals surface area contributed by atoms with Gasteiger partial charge in [0.05, 0.1) is 6.04 Å². The van der Waals surface area contributed by atoms with Gasteiger partial charge in [-0.05, 0) is 43.9 Å². The Hall–Kier alpha value is -1.89. The van der Waals surface area contributed by atoms with Crippen molar-refractivity contribution in [1.82, 2.24) is 15.5 Å². The molecule has 0 unspecified atom stereocenters. The number of nitrogens with one attached hydrogen (secondary N) is 2. The highest BCUT2D eigenvalue weighted by Crippen LogP contribution is 2.35. The van der Waals surface area contributed by atoms with E-state index in [0.29, 0.717) is 6.42 Å². The minimum atomic E-state index is -0.671. The lowest BCUT2D eigenvalue weighted by Crippen LogP contribution is -2.44. The molecular weight excluding hydrogens is 398 g/mol. The fraction of sp³-hybridized carbons (Fsp3) is 0.526. The maximum absolute atomic E-state index is 12.5. The first-order valence-corrected chi connectivity index (χ1v) is 9.89. The lowest BCUT2D eigenvalue weighted by atomic mass is 9.98. The fourth-order valence-electron chi connectivity index (χ4n) is 3.74. The van der Waals surface area contributed by atoms with E-state index in [0.717, 1.165) is 35.7 Å². The second-order valence-corrected chi connectivity index (χ2v) is 8.04. The summed E-state index contributed by atoms with van der Waals surface area (Å²) in [5.41, 5.74) is 0.355. The third-order valence-electron chi connectivity index (χ3n) is 5.24. The Morgan fingerprint density at radius 1 is 1.27 bits per heavy atom. The lowest BCUT2D eigenvalue weighted by molar-refractivity contribution is -0.131. The molecule has 0 radical (unpaired) electrons. The number of carbonyl (C=O) groups is 3. The van der Waals surface area contributed by atoms with Gasteiger partial charge >= 0.3 is 6.03 Å². The zero-order valence-corrected chi connectivity index (χ0v) is 16.5. The molecule has 26 heavy (non-hydrogen) atoms. The largest absolute Gasteiger partial charge is 0.350 e. The van der Waals surface area contributed by atoms with Gasteiger partial charge in [-0.25, -0.2) is 4.79 Å². The zero-order chi connectivity index (χ0) is 18.7. The number of hydrogen-bond acceptors (Lipinski definition) is 3. The molecule has 3 rings (SSSR count). The van der Waals surface area contributed by atoms with Gasteiger partial charge in [-0.3, -0.25) is 14.5 Å². The van der Waals surface area contributed by atoms with Crippen molar-refractivity contribution in [3.63, 3.8) is 0 Å². The van der Waals surface area contributed by atoms with E-state index in [4.69, 9.17) is 0 Å². The number of halogens is 1. The van der Waals surface area contributed by atoms with Crippen molar-refractivity contribution in [2.24, 2.45) is 0 Å². The highest BCUT2D eigenvalue weighted by atomic mass is 79.9. The molecule has 6 nitrogen and oxygen atoms in total. The monoisotopic (exact) mass is 421 g/mol. The Morgan fingerprint density at radius 2 is 1.92 bits per heavy atom. The van der Waals surface area contributed by atoms with Gasteiger partial charge in [0.1, 0.15) is 5.54 Å². The maximum atomic E-state index is 12.5. The molecule has 4 amide bonds. The van der Waals surface area contributed by atoms with Crippen LogP contribution in [0.5, 0.6) is 0 Å². The highest BCUT2D eigenvalue weighted by molar-refractivity contribution is 9.10. The summed E-state index contributed by atoms with van der Waals surface area (Å²) in [7, 11) is 0. The van der Waals surface area contributed by atoms with Gasteiger partial charge < -0.3 is 10.6 Å². The van der Waals surface area contributed by atoms with Crippen molar-refractivity contribution in [1.29, 1.82) is 0 Å². The minimum Gasteiger partial charge on any atom is -0.350 e. The molecule has 1 saturated carbocycles. The summed E-state index contributed by atoms with van der Waals surface area (Å²) in [6.07, 6.45) is 4.13. The molecule has 1 aliphatic heterocycles. The van der Waals surface area contributed by atoms with Gasteiger partial charge in [-0.1, -0.05) is 40.9 Å². The number of hydrogen-bond donors (Lipinski definition) is 2. The quantitative estimate of drug-likeness (QED) is 0.691. The third kappa shape index (κ3) is 3.92. The van der Waals surface area contributed by atoms with Crippen LogP contribution in [0.15, 0.2) is 28.7 Å². The second kappa shape index (κ2) is 7.78. The first-order valence-electron chi connectivity index (χ1n) is 9.10. The summed E-state index contributed by atoms with van der Waals surface area (Å²) in [4.78, 5) is 38.1. The van der Waals surface area contributed by atoms with Crippen LogP contribution >= 0.6 is 15.9 Å². The summed E-state index contributed by atoms with van der Waals surface area (Å²) in [6, 6.07) is 7.39. The van der Waals surface area contributed by atoms with Crippen molar-refractivity contribution in [2.75, 3.05) is 6.54 Å². The summed E-state index contributed by atoms with van der Waals surface area (Å²) in [6.45, 7) is 2.22. The molecule has 1 aromatic carbocycles. The Morgan fingerprint density at radius 3 is 2.58 bits per heavy atom. The van der Waals surface area contributed by atoms with Crippen LogP contribution in [0.1, 0.15) is 57.1 Å². The van der Waals surface area contributed by atoms with Crippen LogP contribution in [-0.2, 0) is 9.59 Å². The first kappa shape index (κ1) is 18.9. The van der Waals surface area contributed by atoms with Crippen LogP contribution in [0.4, 0.5) is 4.79 Å². The molecular formula is C19H24BrN3O3. The molecule has 2 N–H and O–H groups in total. The topological polar surface area (TPSA) is 78.5 Å². The molecule has 140 valence electrons. The summed E-state index contributed by atoms with van der Waals surface area (Å²) in [5, 5.41) is 5.81. The Labute approximate surface area is 161 Å². The van der Waals surface area contributed by atoms with Crippen molar-refractivity contribution < 1.29 is 14.4 Å².